The maximum absolute atomic E-state index is 6.45. The molecule has 0 saturated carbocycles. The van der Waals surface area contributed by atoms with E-state index in [4.69, 9.17) is 5.73 Å². The number of nitrogens with two attached hydrogens (primary N) is 1. The van der Waals surface area contributed by atoms with Gasteiger partial charge >= 0.3 is 0 Å². The van der Waals surface area contributed by atoms with Crippen molar-refractivity contribution >= 4 is 0 Å². The van der Waals surface area contributed by atoms with Crippen LogP contribution in [-0.4, -0.2) is 38.3 Å². The summed E-state index contributed by atoms with van der Waals surface area (Å²) in [4.78, 5) is 2.74. The summed E-state index contributed by atoms with van der Waals surface area (Å²) in [5.74, 6) is 2.64. The molecular formula is C22H33N5. The number of hydrogen-bond acceptors (Lipinski definition) is 4. The van der Waals surface area contributed by atoms with Gasteiger partial charge in [-0.15, -0.1) is 10.2 Å². The molecule has 1 aromatic carbocycles. The maximum atomic E-state index is 6.45. The molecule has 2 fully saturated rings. The molecule has 2 aromatic rings. The molecule has 2 aliphatic rings. The van der Waals surface area contributed by atoms with Crippen LogP contribution in [0.1, 0.15) is 81.2 Å². The van der Waals surface area contributed by atoms with E-state index in [1.165, 1.54) is 31.2 Å². The monoisotopic (exact) mass is 367 g/mol. The van der Waals surface area contributed by atoms with Gasteiger partial charge in [-0.05, 0) is 44.6 Å². The van der Waals surface area contributed by atoms with Crippen molar-refractivity contribution in [3.05, 3.63) is 47.5 Å². The van der Waals surface area contributed by atoms with Crippen LogP contribution in [0.25, 0.3) is 0 Å². The second-order valence-corrected chi connectivity index (χ2v) is 8.68. The van der Waals surface area contributed by atoms with Crippen molar-refractivity contribution in [2.75, 3.05) is 6.54 Å². The Labute approximate surface area is 163 Å². The molecule has 1 aromatic heterocycles. The van der Waals surface area contributed by atoms with Crippen LogP contribution in [0.4, 0.5) is 0 Å². The van der Waals surface area contributed by atoms with Gasteiger partial charge in [-0.2, -0.15) is 0 Å². The minimum absolute atomic E-state index is 0.135. The Morgan fingerprint density at radius 3 is 2.33 bits per heavy atom. The molecule has 0 radical (unpaired) electrons. The second kappa shape index (κ2) is 7.72. The van der Waals surface area contributed by atoms with Gasteiger partial charge in [0.2, 0.25) is 0 Å². The summed E-state index contributed by atoms with van der Waals surface area (Å²) in [6, 6.07) is 12.6. The van der Waals surface area contributed by atoms with Gasteiger partial charge in [-0.1, -0.05) is 44.2 Å². The molecule has 5 nitrogen and oxygen atoms in total. The predicted molar refractivity (Wildman–Crippen MR) is 109 cm³/mol. The van der Waals surface area contributed by atoms with Crippen LogP contribution >= 0.6 is 0 Å². The lowest BCUT2D eigenvalue weighted by atomic mass is 9.95. The summed E-state index contributed by atoms with van der Waals surface area (Å²) >= 11 is 0. The van der Waals surface area contributed by atoms with Crippen molar-refractivity contribution in [3.63, 3.8) is 0 Å². The van der Waals surface area contributed by atoms with Crippen LogP contribution in [0.3, 0.4) is 0 Å². The number of benzene rings is 1. The van der Waals surface area contributed by atoms with E-state index in [0.717, 1.165) is 24.6 Å². The van der Waals surface area contributed by atoms with E-state index >= 15 is 0 Å². The van der Waals surface area contributed by atoms with Gasteiger partial charge in [0.05, 0.1) is 0 Å². The normalized spacial score (nSPS) is 26.6. The Kier molecular flexibility index (Phi) is 5.33. The van der Waals surface area contributed by atoms with Gasteiger partial charge in [0.1, 0.15) is 11.6 Å². The Hall–Kier alpha value is -1.72. The summed E-state index contributed by atoms with van der Waals surface area (Å²) < 4.78 is 2.43. The van der Waals surface area contributed by atoms with Gasteiger partial charge in [0.15, 0.2) is 0 Å². The highest BCUT2D eigenvalue weighted by Gasteiger charge is 2.42. The molecule has 3 heterocycles. The van der Waals surface area contributed by atoms with Crippen LogP contribution in [-0.2, 0) is 0 Å². The van der Waals surface area contributed by atoms with Crippen molar-refractivity contribution in [1.29, 1.82) is 0 Å². The van der Waals surface area contributed by atoms with Gasteiger partial charge < -0.3 is 10.3 Å². The van der Waals surface area contributed by atoms with Gasteiger partial charge in [0, 0.05) is 36.6 Å². The number of fused-ring (bicyclic) bond motifs is 2. The molecule has 0 spiro atoms. The fourth-order valence-electron chi connectivity index (χ4n) is 5.21. The van der Waals surface area contributed by atoms with Crippen LogP contribution in [0.5, 0.6) is 0 Å². The molecule has 0 unspecified atom stereocenters. The average molecular weight is 368 g/mol. The first-order valence-electron chi connectivity index (χ1n) is 10.5. The van der Waals surface area contributed by atoms with Crippen LogP contribution < -0.4 is 5.73 Å². The molecule has 3 atom stereocenters. The number of aryl methyl sites for hydroxylation is 1. The standard InChI is InChI=1S/C22H33N5/c1-15(2)22-25-24-16(3)27(22)20-13-18-9-10-19(14-20)26(18)12-11-21(23)17-7-5-4-6-8-17/h4-8,15,18-21H,9-14,23H2,1-3H3/t18-,19-,21-/m0/s1. The van der Waals surface area contributed by atoms with Crippen LogP contribution in [0.2, 0.25) is 0 Å². The number of hydrogen-bond donors (Lipinski definition) is 1. The minimum Gasteiger partial charge on any atom is -0.324 e. The van der Waals surface area contributed by atoms with Gasteiger partial charge in [-0.3, -0.25) is 4.90 Å². The second-order valence-electron chi connectivity index (χ2n) is 8.68. The first-order chi connectivity index (χ1) is 13.0. The smallest absolute Gasteiger partial charge is 0.135 e. The SMILES string of the molecule is Cc1nnc(C(C)C)n1C1C[C@@H]2CC[C@@H](C1)N2CC[C@H](N)c1ccccc1. The van der Waals surface area contributed by atoms with E-state index in [-0.39, 0.29) is 6.04 Å². The Balaban J connectivity index is 1.42. The highest BCUT2D eigenvalue weighted by atomic mass is 15.3. The number of piperidine rings is 1. The zero-order valence-corrected chi connectivity index (χ0v) is 16.9. The van der Waals surface area contributed by atoms with Gasteiger partial charge in [-0.25, -0.2) is 0 Å². The lowest BCUT2D eigenvalue weighted by molar-refractivity contribution is 0.101. The topological polar surface area (TPSA) is 60.0 Å². The van der Waals surface area contributed by atoms with Crippen molar-refractivity contribution in [3.8, 4) is 0 Å². The average Bonchev–Trinajstić information content (AvgIpc) is 3.16. The quantitative estimate of drug-likeness (QED) is 0.839. The van der Waals surface area contributed by atoms with E-state index in [2.05, 4.69) is 70.8 Å². The zero-order chi connectivity index (χ0) is 19.0. The zero-order valence-electron chi connectivity index (χ0n) is 16.9. The molecular weight excluding hydrogens is 334 g/mol. The third-order valence-electron chi connectivity index (χ3n) is 6.56. The summed E-state index contributed by atoms with van der Waals surface area (Å²) in [7, 11) is 0. The van der Waals surface area contributed by atoms with Crippen LogP contribution in [0.15, 0.2) is 30.3 Å². The Bertz CT molecular complexity index is 739. The lowest BCUT2D eigenvalue weighted by Crippen LogP contribution is -2.44. The van der Waals surface area contributed by atoms with Gasteiger partial charge in [0.25, 0.3) is 0 Å². The molecule has 146 valence electrons. The summed E-state index contributed by atoms with van der Waals surface area (Å²) in [6.07, 6.45) is 6.11. The minimum atomic E-state index is 0.135. The molecule has 2 bridgehead atoms. The maximum Gasteiger partial charge on any atom is 0.135 e. The van der Waals surface area contributed by atoms with Crippen molar-refractivity contribution in [2.45, 2.75) is 83.0 Å². The first-order valence-corrected chi connectivity index (χ1v) is 10.5. The van der Waals surface area contributed by atoms with Crippen molar-refractivity contribution in [2.24, 2.45) is 5.73 Å². The summed E-state index contributed by atoms with van der Waals surface area (Å²) in [6.45, 7) is 7.64. The summed E-state index contributed by atoms with van der Waals surface area (Å²) in [5, 5.41) is 8.83. The molecule has 2 N–H and O–H groups in total. The number of aromatic nitrogens is 3. The molecule has 5 heteroatoms. The highest BCUT2D eigenvalue weighted by molar-refractivity contribution is 5.18. The van der Waals surface area contributed by atoms with Crippen molar-refractivity contribution in [1.82, 2.24) is 19.7 Å². The molecule has 0 aliphatic carbocycles. The third kappa shape index (κ3) is 3.67. The molecule has 2 aliphatic heterocycles. The Morgan fingerprint density at radius 1 is 1.04 bits per heavy atom. The molecule has 4 rings (SSSR count). The van der Waals surface area contributed by atoms with E-state index in [1.54, 1.807) is 0 Å². The number of rotatable bonds is 6. The van der Waals surface area contributed by atoms with E-state index in [0.29, 0.717) is 24.0 Å². The van der Waals surface area contributed by atoms with Crippen molar-refractivity contribution < 1.29 is 0 Å². The van der Waals surface area contributed by atoms with E-state index < -0.39 is 0 Å². The van der Waals surface area contributed by atoms with E-state index in [9.17, 15) is 0 Å². The van der Waals surface area contributed by atoms with Crippen LogP contribution in [0, 0.1) is 6.92 Å². The first kappa shape index (κ1) is 18.6. The number of nitrogens with zero attached hydrogens (tertiary/aromatic N) is 4. The highest BCUT2D eigenvalue weighted by Crippen LogP contribution is 2.42. The fourth-order valence-corrected chi connectivity index (χ4v) is 5.21. The fraction of sp³-hybridized carbons (Fsp3) is 0.636. The summed E-state index contributed by atoms with van der Waals surface area (Å²) in [5.41, 5.74) is 7.70. The predicted octanol–water partition coefficient (Wildman–Crippen LogP) is 3.97. The Morgan fingerprint density at radius 2 is 1.70 bits per heavy atom. The molecule has 27 heavy (non-hydrogen) atoms. The van der Waals surface area contributed by atoms with E-state index in [1.807, 2.05) is 0 Å². The molecule has 0 amide bonds. The lowest BCUT2D eigenvalue weighted by Gasteiger charge is -2.40. The molecule has 2 saturated heterocycles. The largest absolute Gasteiger partial charge is 0.324 e. The third-order valence-corrected chi connectivity index (χ3v) is 6.56.